The molecular formula is C9H12N4O4S. The Bertz CT molecular complexity index is 728. The van der Waals surface area contributed by atoms with E-state index < -0.39 is 27.1 Å². The van der Waals surface area contributed by atoms with Crippen LogP contribution in [0.3, 0.4) is 0 Å². The van der Waals surface area contributed by atoms with Gasteiger partial charge in [-0.2, -0.15) is 0 Å². The van der Waals surface area contributed by atoms with Crippen molar-refractivity contribution in [3.8, 4) is 0 Å². The van der Waals surface area contributed by atoms with Gasteiger partial charge in [-0.1, -0.05) is 0 Å². The topological polar surface area (TPSA) is 103 Å². The lowest BCUT2D eigenvalue weighted by atomic mass is 10.3. The van der Waals surface area contributed by atoms with Gasteiger partial charge in [-0.15, -0.1) is 5.10 Å². The number of hydrogen-bond acceptors (Lipinski definition) is 6. The van der Waals surface area contributed by atoms with Crippen molar-refractivity contribution < 1.29 is 8.42 Å². The number of nitrogens with one attached hydrogen (secondary N) is 1. The second-order valence-corrected chi connectivity index (χ2v) is 5.96. The Hall–Kier alpha value is -1.90. The van der Waals surface area contributed by atoms with Gasteiger partial charge >= 0.3 is 5.69 Å². The second-order valence-electron chi connectivity index (χ2n) is 4.03. The van der Waals surface area contributed by atoms with Gasteiger partial charge < -0.3 is 5.32 Å². The van der Waals surface area contributed by atoms with Crippen molar-refractivity contribution in [2.45, 2.75) is 6.04 Å². The molecule has 0 radical (unpaired) electrons. The predicted octanol–water partition coefficient (Wildman–Crippen LogP) is -1.80. The molecule has 1 atom stereocenters. The van der Waals surface area contributed by atoms with E-state index in [1.165, 1.54) is 20.2 Å². The molecule has 0 saturated carbocycles. The molecule has 1 aliphatic rings. The Morgan fingerprint density at radius 3 is 2.61 bits per heavy atom. The van der Waals surface area contributed by atoms with Gasteiger partial charge in [-0.05, 0) is 6.08 Å². The maximum atomic E-state index is 11.7. The van der Waals surface area contributed by atoms with Crippen molar-refractivity contribution in [1.29, 1.82) is 0 Å². The minimum absolute atomic E-state index is 0.0497. The summed E-state index contributed by atoms with van der Waals surface area (Å²) in [4.78, 5) is 23.1. The lowest BCUT2D eigenvalue weighted by Crippen LogP contribution is -2.41. The molecule has 0 saturated heterocycles. The molecule has 2 heterocycles. The van der Waals surface area contributed by atoms with Crippen molar-refractivity contribution in [3.63, 3.8) is 0 Å². The molecular weight excluding hydrogens is 260 g/mol. The molecule has 0 amide bonds. The zero-order valence-corrected chi connectivity index (χ0v) is 10.6. The van der Waals surface area contributed by atoms with E-state index in [1.807, 2.05) is 0 Å². The highest BCUT2D eigenvalue weighted by molar-refractivity contribution is 7.94. The molecule has 2 rings (SSSR count). The van der Waals surface area contributed by atoms with Crippen LogP contribution in [0.15, 0.2) is 21.1 Å². The van der Waals surface area contributed by atoms with E-state index >= 15 is 0 Å². The van der Waals surface area contributed by atoms with E-state index in [-0.39, 0.29) is 11.6 Å². The summed E-state index contributed by atoms with van der Waals surface area (Å²) in [6.07, 6.45) is 1.45. The average molecular weight is 272 g/mol. The number of sulfone groups is 1. The lowest BCUT2D eigenvalue weighted by molar-refractivity contribution is 0.599. The Kier molecular flexibility index (Phi) is 2.85. The van der Waals surface area contributed by atoms with Gasteiger partial charge in [-0.25, -0.2) is 17.9 Å². The molecule has 1 unspecified atom stereocenters. The average Bonchev–Trinajstić information content (AvgIpc) is 2.63. The predicted molar refractivity (Wildman–Crippen MR) is 65.1 cm³/mol. The summed E-state index contributed by atoms with van der Waals surface area (Å²) < 4.78 is 24.4. The van der Waals surface area contributed by atoms with Crippen molar-refractivity contribution >= 4 is 15.7 Å². The molecule has 1 aromatic heterocycles. The summed E-state index contributed by atoms with van der Waals surface area (Å²) in [5.74, 6) is -0.174. The quantitative estimate of drug-likeness (QED) is 0.681. The first-order valence-electron chi connectivity index (χ1n) is 5.12. The van der Waals surface area contributed by atoms with E-state index in [9.17, 15) is 18.0 Å². The molecule has 98 valence electrons. The highest BCUT2D eigenvalue weighted by Crippen LogP contribution is 2.10. The van der Waals surface area contributed by atoms with Crippen molar-refractivity contribution in [2.75, 3.05) is 11.1 Å². The van der Waals surface area contributed by atoms with E-state index in [1.54, 1.807) is 0 Å². The maximum Gasteiger partial charge on any atom is 0.346 e. The normalized spacial score (nSPS) is 21.1. The van der Waals surface area contributed by atoms with Crippen LogP contribution in [0.25, 0.3) is 0 Å². The summed E-state index contributed by atoms with van der Waals surface area (Å²) in [6.45, 7) is 0. The molecule has 0 aliphatic carbocycles. The Balaban J connectivity index is 2.35. The third kappa shape index (κ3) is 2.21. The molecule has 1 aromatic rings. The van der Waals surface area contributed by atoms with E-state index in [0.29, 0.717) is 0 Å². The number of rotatable bonds is 2. The monoisotopic (exact) mass is 272 g/mol. The molecule has 0 bridgehead atoms. The lowest BCUT2D eigenvalue weighted by Gasteiger charge is -2.11. The van der Waals surface area contributed by atoms with E-state index in [0.717, 1.165) is 14.7 Å². The maximum absolute atomic E-state index is 11.7. The fraction of sp³-hybridized carbons (Fsp3) is 0.444. The highest BCUT2D eigenvalue weighted by Gasteiger charge is 2.23. The Labute approximate surface area is 102 Å². The third-order valence-corrected chi connectivity index (χ3v) is 3.97. The van der Waals surface area contributed by atoms with Gasteiger partial charge in [-0.3, -0.25) is 9.36 Å². The molecule has 0 aromatic carbocycles. The zero-order chi connectivity index (χ0) is 13.5. The largest absolute Gasteiger partial charge is 0.357 e. The molecule has 9 heteroatoms. The second kappa shape index (κ2) is 4.09. The van der Waals surface area contributed by atoms with Crippen molar-refractivity contribution in [2.24, 2.45) is 14.1 Å². The first-order valence-corrected chi connectivity index (χ1v) is 6.83. The number of nitrogens with zero attached hydrogens (tertiary/aromatic N) is 3. The van der Waals surface area contributed by atoms with Gasteiger partial charge in [0.15, 0.2) is 9.84 Å². The van der Waals surface area contributed by atoms with Crippen LogP contribution in [-0.4, -0.2) is 34.6 Å². The number of aromatic nitrogens is 3. The van der Waals surface area contributed by atoms with Crippen LogP contribution in [0.2, 0.25) is 0 Å². The van der Waals surface area contributed by atoms with Gasteiger partial charge in [0.1, 0.15) is 0 Å². The Morgan fingerprint density at radius 2 is 2.06 bits per heavy atom. The Morgan fingerprint density at radius 1 is 1.39 bits per heavy atom. The summed E-state index contributed by atoms with van der Waals surface area (Å²) in [7, 11) is -0.462. The first-order chi connectivity index (χ1) is 8.30. The van der Waals surface area contributed by atoms with Gasteiger partial charge in [0.2, 0.25) is 5.82 Å². The summed E-state index contributed by atoms with van der Waals surface area (Å²) in [5, 5.41) is 7.57. The minimum Gasteiger partial charge on any atom is -0.357 e. The first kappa shape index (κ1) is 12.6. The fourth-order valence-electron chi connectivity index (χ4n) is 1.63. The molecule has 8 nitrogen and oxygen atoms in total. The molecule has 0 spiro atoms. The van der Waals surface area contributed by atoms with Crippen molar-refractivity contribution in [1.82, 2.24) is 14.3 Å². The summed E-state index contributed by atoms with van der Waals surface area (Å²) >= 11 is 0. The molecule has 18 heavy (non-hydrogen) atoms. The molecule has 1 N–H and O–H groups in total. The van der Waals surface area contributed by atoms with Gasteiger partial charge in [0, 0.05) is 19.5 Å². The summed E-state index contributed by atoms with van der Waals surface area (Å²) in [6, 6.07) is -0.507. The zero-order valence-electron chi connectivity index (χ0n) is 9.82. The van der Waals surface area contributed by atoms with Crippen LogP contribution in [0, 0.1) is 0 Å². The van der Waals surface area contributed by atoms with Crippen LogP contribution >= 0.6 is 0 Å². The number of hydrogen-bond donors (Lipinski definition) is 1. The molecule has 1 aliphatic heterocycles. The number of aryl methyl sites for hydroxylation is 1. The molecule has 0 fully saturated rings. The van der Waals surface area contributed by atoms with Gasteiger partial charge in [0.25, 0.3) is 5.56 Å². The van der Waals surface area contributed by atoms with Crippen LogP contribution in [0.1, 0.15) is 0 Å². The van der Waals surface area contributed by atoms with Crippen LogP contribution in [0.5, 0.6) is 0 Å². The number of anilines is 1. The van der Waals surface area contributed by atoms with Crippen LogP contribution < -0.4 is 16.6 Å². The van der Waals surface area contributed by atoms with Crippen LogP contribution in [-0.2, 0) is 23.9 Å². The SMILES string of the molecule is Cn1nc(NC2C=CS(=O)(=O)C2)c(=O)n(C)c1=O. The highest BCUT2D eigenvalue weighted by atomic mass is 32.2. The third-order valence-electron chi connectivity index (χ3n) is 2.57. The van der Waals surface area contributed by atoms with Gasteiger partial charge in [0.05, 0.1) is 11.8 Å². The standard InChI is InChI=1S/C9H12N4O4S/c1-12-8(14)7(11-13(2)9(12)15)10-6-3-4-18(16,17)5-6/h3-4,6H,5H2,1-2H3,(H,10,11). The fourth-order valence-corrected chi connectivity index (χ4v) is 2.87. The smallest absolute Gasteiger partial charge is 0.346 e. The van der Waals surface area contributed by atoms with Crippen LogP contribution in [0.4, 0.5) is 5.82 Å². The van der Waals surface area contributed by atoms with E-state index in [4.69, 9.17) is 0 Å². The van der Waals surface area contributed by atoms with E-state index in [2.05, 4.69) is 10.4 Å². The van der Waals surface area contributed by atoms with Crippen molar-refractivity contribution in [3.05, 3.63) is 32.3 Å². The minimum atomic E-state index is -3.21. The summed E-state index contributed by atoms with van der Waals surface area (Å²) in [5.41, 5.74) is -1.13.